The number of aromatic nitrogens is 2. The number of rotatable bonds is 12. The van der Waals surface area contributed by atoms with Crippen molar-refractivity contribution < 1.29 is 29.7 Å². The molecule has 17 rings (SSSR count). The molecule has 1 aliphatic heterocycles. The van der Waals surface area contributed by atoms with Crippen molar-refractivity contribution in [2.24, 2.45) is 0 Å². The maximum absolute atomic E-state index is 8.20. The molecule has 0 bridgehead atoms. The molecule has 0 spiro atoms. The summed E-state index contributed by atoms with van der Waals surface area (Å²) in [4.78, 5) is 15.1. The second kappa shape index (κ2) is 31.7. The van der Waals surface area contributed by atoms with Crippen molar-refractivity contribution in [2.45, 2.75) is 46.3 Å². The summed E-state index contributed by atoms with van der Waals surface area (Å²) in [5.41, 5.74) is 11.3. The van der Waals surface area contributed by atoms with Gasteiger partial charge in [0.2, 0.25) is 0 Å². The van der Waals surface area contributed by atoms with Gasteiger partial charge in [0.25, 0.3) is 0 Å². The first-order valence-corrected chi connectivity index (χ1v) is 40.0. The number of benzene rings is 14. The minimum atomic E-state index is -2.83. The zero-order chi connectivity index (χ0) is 73.0. The van der Waals surface area contributed by atoms with Gasteiger partial charge in [-0.1, -0.05) is 313 Å². The van der Waals surface area contributed by atoms with Crippen LogP contribution in [0.5, 0.6) is 0 Å². The fraction of sp³-hybridized carbons (Fsp3) is 0.0737. The molecule has 1 saturated heterocycles. The molecule has 0 amide bonds. The van der Waals surface area contributed by atoms with E-state index in [1.54, 1.807) is 0 Å². The summed E-state index contributed by atoms with van der Waals surface area (Å²) in [6.45, 7) is 39.0. The number of halogens is 1. The van der Waals surface area contributed by atoms with Crippen molar-refractivity contribution in [1.82, 2.24) is 9.13 Å². The van der Waals surface area contributed by atoms with Crippen molar-refractivity contribution in [3.05, 3.63) is 402 Å². The summed E-state index contributed by atoms with van der Waals surface area (Å²) in [6, 6.07) is 123. The maximum atomic E-state index is 8.20. The molecule has 8 nitrogen and oxygen atoms in total. The predicted octanol–water partition coefficient (Wildman–Crippen LogP) is 19.6. The molecular weight excluding hydrogens is 1510 g/mol. The molecule has 16 aromatic rings. The van der Waals surface area contributed by atoms with Crippen LogP contribution in [-0.2, 0) is 29.7 Å². The van der Waals surface area contributed by atoms with Crippen LogP contribution >= 0.6 is 15.9 Å². The molecule has 0 radical (unpaired) electrons. The zero-order valence-electron chi connectivity index (χ0n) is 59.3. The molecule has 0 aliphatic carbocycles. The Labute approximate surface area is 657 Å². The number of hydrogen-bond acceptors (Lipinski definition) is 2. The van der Waals surface area contributed by atoms with E-state index in [-0.39, 0.29) is 39.1 Å². The summed E-state index contributed by atoms with van der Waals surface area (Å²) >= 11 is 3.64. The Bertz CT molecular complexity index is 5920. The van der Waals surface area contributed by atoms with Crippen molar-refractivity contribution in [2.75, 3.05) is 0 Å². The molecule has 1 aliphatic rings. The Kier molecular flexibility index (Phi) is 21.9. The first kappa shape index (κ1) is 74.5. The number of para-hydroxylation sites is 2. The van der Waals surface area contributed by atoms with E-state index in [1.165, 1.54) is 41.5 Å². The fourth-order valence-corrected chi connectivity index (χ4v) is 25.6. The quantitative estimate of drug-likeness (QED) is 0.0695. The standard InChI is InChI=1S/C44H29N3Si.C25H23BN2O2.C25H18BrNSi.CH4.Pd/c1-45-34-25-26-44-42(31-34)41-23-12-13-24-43(41)47(44)36-16-14-15-32(28-36)33-27-35(46-2)30-40(29-33)48(37-17-6-3-7-18-37,38-19-8-4-9-20-38)39-21-10-5-11-22-39;1-24(2)25(3,4)30-26(29-24)17-9-8-10-19(15-17)28-22-12-7-6-11-20(22)21-16-18(27-5)13-14-23(21)28;1-27-21-17-20(26)18-25(19-21)28(22-11-5-2-6-12-22,23-13-7-3-8-14-23)24-15-9-4-10-16-24;;/h3-31H;6-16H,1-4H3;2-19H;1H4;. The van der Waals surface area contributed by atoms with Crippen molar-refractivity contribution in [3.63, 3.8) is 0 Å². The fourth-order valence-electron chi connectivity index (χ4n) is 15.3. The van der Waals surface area contributed by atoms with Gasteiger partial charge in [-0.3, -0.25) is 0 Å². The third-order valence-electron chi connectivity index (χ3n) is 20.8. The second-order valence-electron chi connectivity index (χ2n) is 27.5. The topological polar surface area (TPSA) is 45.8 Å². The average molecular weight is 1580 g/mol. The third-order valence-corrected chi connectivity index (χ3v) is 30.8. The summed E-state index contributed by atoms with van der Waals surface area (Å²) in [7, 11) is -5.79. The number of hydrogen-bond donors (Lipinski definition) is 0. The maximum Gasteiger partial charge on any atom is 0.494 e. The van der Waals surface area contributed by atoms with E-state index in [9.17, 15) is 0 Å². The van der Waals surface area contributed by atoms with Gasteiger partial charge in [-0.2, -0.15) is 0 Å². The van der Waals surface area contributed by atoms with E-state index < -0.39 is 23.3 Å². The Morgan fingerprint density at radius 2 is 0.648 bits per heavy atom. The van der Waals surface area contributed by atoms with Crippen LogP contribution in [0.4, 0.5) is 22.7 Å². The molecule has 2 aromatic heterocycles. The van der Waals surface area contributed by atoms with Crippen LogP contribution in [0.15, 0.2) is 356 Å². The molecule has 0 saturated carbocycles. The normalized spacial score (nSPS) is 12.7. The molecule has 13 heteroatoms. The van der Waals surface area contributed by atoms with Crippen molar-refractivity contribution >= 4 is 153 Å². The molecule has 524 valence electrons. The number of nitrogens with zero attached hydrogens (tertiary/aromatic N) is 6. The Balaban J connectivity index is 0.000000149. The van der Waals surface area contributed by atoms with E-state index in [2.05, 4.69) is 351 Å². The largest absolute Gasteiger partial charge is 0.494 e. The van der Waals surface area contributed by atoms with E-state index in [0.29, 0.717) is 22.7 Å². The van der Waals surface area contributed by atoms with Gasteiger partial charge < -0.3 is 18.4 Å². The molecule has 1 fully saturated rings. The van der Waals surface area contributed by atoms with Gasteiger partial charge in [0, 0.05) is 47.0 Å². The van der Waals surface area contributed by atoms with Gasteiger partial charge in [0.05, 0.1) is 59.6 Å². The van der Waals surface area contributed by atoms with Crippen LogP contribution < -0.4 is 47.0 Å². The number of fused-ring (bicyclic) bond motifs is 6. The summed E-state index contributed by atoms with van der Waals surface area (Å²) in [5, 5.41) is 14.5. The van der Waals surface area contributed by atoms with Crippen molar-refractivity contribution in [1.29, 1.82) is 0 Å². The molecule has 0 unspecified atom stereocenters. The monoisotopic (exact) mass is 1580 g/mol. The van der Waals surface area contributed by atoms with E-state index >= 15 is 0 Å². The molecule has 0 atom stereocenters. The van der Waals surface area contributed by atoms with Gasteiger partial charge in [0.15, 0.2) is 38.9 Å². The first-order chi connectivity index (χ1) is 51.8. The Morgan fingerprint density at radius 3 is 1.05 bits per heavy atom. The minimum absolute atomic E-state index is 0. The summed E-state index contributed by atoms with van der Waals surface area (Å²) in [6.07, 6.45) is 0. The second-order valence-corrected chi connectivity index (χ2v) is 36.0. The molecular formula is C95H74BBrN6O2PdSi2. The molecule has 14 aromatic carbocycles. The van der Waals surface area contributed by atoms with Crippen molar-refractivity contribution in [3.8, 4) is 22.5 Å². The van der Waals surface area contributed by atoms with Gasteiger partial charge in [-0.05, 0) is 159 Å². The first-order valence-electron chi connectivity index (χ1n) is 35.2. The smallest absolute Gasteiger partial charge is 0.399 e. The Morgan fingerprint density at radius 1 is 0.306 bits per heavy atom. The molecule has 0 N–H and O–H groups in total. The van der Waals surface area contributed by atoms with E-state index in [4.69, 9.17) is 35.6 Å². The van der Waals surface area contributed by atoms with Gasteiger partial charge >= 0.3 is 7.12 Å². The van der Waals surface area contributed by atoms with Crippen LogP contribution in [0.2, 0.25) is 0 Å². The summed E-state index contributed by atoms with van der Waals surface area (Å²) in [5.74, 6) is 0. The van der Waals surface area contributed by atoms with Crippen LogP contribution in [-0.4, -0.2) is 43.6 Å². The average Bonchev–Trinajstić information content (AvgIpc) is 1.15. The minimum Gasteiger partial charge on any atom is -0.399 e. The third kappa shape index (κ3) is 13.8. The molecule has 3 heterocycles. The SMILES string of the molecule is C.[C-]#[N+]c1cc(-c2cccc(-n3c4ccccc4c4cc([N+]#[C-])ccc43)c2)cc([Si](c2ccccc2)(c2ccccc2)c2ccccc2)c1.[C-]#[N+]c1cc(Br)cc([Si](c2ccccc2)(c2ccccc2)c2ccccc2)c1.[C-]#[N+]c1ccc2c(c1)c1ccccc1n2-c1cccc(B2OC(C)(C)C(C)(C)O2)c1.[Pd]. The molecule has 108 heavy (non-hydrogen) atoms. The Hall–Kier alpha value is -11.8. The zero-order valence-corrected chi connectivity index (χ0v) is 64.4. The van der Waals surface area contributed by atoms with Gasteiger partial charge in [-0.15, -0.1) is 0 Å². The van der Waals surface area contributed by atoms with Crippen LogP contribution in [0, 0.1) is 26.3 Å². The van der Waals surface area contributed by atoms with Crippen LogP contribution in [0.3, 0.4) is 0 Å². The van der Waals surface area contributed by atoms with Crippen LogP contribution in [0.1, 0.15) is 35.1 Å². The predicted molar refractivity (Wildman–Crippen MR) is 456 cm³/mol. The van der Waals surface area contributed by atoms with Gasteiger partial charge in [0.1, 0.15) is 0 Å². The summed E-state index contributed by atoms with van der Waals surface area (Å²) < 4.78 is 18.0. The van der Waals surface area contributed by atoms with E-state index in [1.807, 2.05) is 72.8 Å². The van der Waals surface area contributed by atoms with E-state index in [0.717, 1.165) is 76.0 Å². The van der Waals surface area contributed by atoms with Crippen LogP contribution in [0.25, 0.3) is 85.5 Å². The van der Waals surface area contributed by atoms with Gasteiger partial charge in [-0.25, -0.2) is 19.4 Å².